The van der Waals surface area contributed by atoms with Crippen molar-refractivity contribution < 1.29 is 9.53 Å². The quantitative estimate of drug-likeness (QED) is 0.456. The van der Waals surface area contributed by atoms with E-state index in [1.165, 1.54) is 0 Å². The Morgan fingerprint density at radius 3 is 2.55 bits per heavy atom. The van der Waals surface area contributed by atoms with Crippen LogP contribution in [0.1, 0.15) is 24.3 Å². The highest BCUT2D eigenvalue weighted by Gasteiger charge is 2.22. The summed E-state index contributed by atoms with van der Waals surface area (Å²) in [4.78, 5) is 23.2. The van der Waals surface area contributed by atoms with Crippen molar-refractivity contribution in [3.8, 4) is 5.75 Å². The maximum absolute atomic E-state index is 13.2. The summed E-state index contributed by atoms with van der Waals surface area (Å²) in [5, 5.41) is 2.76. The lowest BCUT2D eigenvalue weighted by Crippen LogP contribution is -2.39. The lowest BCUT2D eigenvalue weighted by Gasteiger charge is -2.24. The van der Waals surface area contributed by atoms with Crippen molar-refractivity contribution in [3.63, 3.8) is 0 Å². The summed E-state index contributed by atoms with van der Waals surface area (Å²) in [5.74, 6) is 0.836. The molecule has 158 valence electrons. The van der Waals surface area contributed by atoms with Gasteiger partial charge in [0.15, 0.2) is 5.13 Å². The molecule has 5 nitrogen and oxygen atoms in total. The van der Waals surface area contributed by atoms with Gasteiger partial charge >= 0.3 is 0 Å². The molecule has 2 heterocycles. The highest BCUT2D eigenvalue weighted by molar-refractivity contribution is 7.22. The number of thiazole rings is 1. The van der Waals surface area contributed by atoms with Crippen molar-refractivity contribution in [3.05, 3.63) is 40.1 Å². The Labute approximate surface area is 186 Å². The molecule has 0 saturated heterocycles. The van der Waals surface area contributed by atoms with Crippen LogP contribution in [0.5, 0.6) is 5.75 Å². The standard InChI is InChI=1S/C21H27N3O2S2.ClH/c1-5-23(6-2)11-12-24(18(25)14-16-8-7-13-27-16)21-22-19-17(26-4)10-9-15(3)20(19)28-21;/h7-10,13H,5-6,11-12,14H2,1-4H3;1H. The number of anilines is 1. The molecule has 0 saturated carbocycles. The predicted molar refractivity (Wildman–Crippen MR) is 126 cm³/mol. The minimum Gasteiger partial charge on any atom is -0.494 e. The molecule has 3 rings (SSSR count). The van der Waals surface area contributed by atoms with Gasteiger partial charge in [-0.05, 0) is 43.1 Å². The van der Waals surface area contributed by atoms with Gasteiger partial charge in [-0.1, -0.05) is 37.3 Å². The van der Waals surface area contributed by atoms with Crippen LogP contribution in [0.2, 0.25) is 0 Å². The third kappa shape index (κ3) is 5.48. The van der Waals surface area contributed by atoms with Crippen LogP contribution in [-0.2, 0) is 11.2 Å². The van der Waals surface area contributed by atoms with Crippen LogP contribution in [0, 0.1) is 6.92 Å². The highest BCUT2D eigenvalue weighted by atomic mass is 35.5. The first-order valence-electron chi connectivity index (χ1n) is 9.56. The first-order chi connectivity index (χ1) is 13.6. The molecule has 0 aliphatic rings. The molecule has 0 spiro atoms. The summed E-state index contributed by atoms with van der Waals surface area (Å²) in [5.41, 5.74) is 1.98. The molecule has 0 unspecified atom stereocenters. The first-order valence-corrected chi connectivity index (χ1v) is 11.3. The Morgan fingerprint density at radius 2 is 1.93 bits per heavy atom. The zero-order valence-electron chi connectivity index (χ0n) is 17.3. The smallest absolute Gasteiger partial charge is 0.234 e. The van der Waals surface area contributed by atoms with E-state index >= 15 is 0 Å². The van der Waals surface area contributed by atoms with Gasteiger partial charge in [-0.25, -0.2) is 4.98 Å². The summed E-state index contributed by atoms with van der Waals surface area (Å²) >= 11 is 3.18. The van der Waals surface area contributed by atoms with E-state index in [0.717, 1.165) is 51.2 Å². The molecule has 29 heavy (non-hydrogen) atoms. The SMILES string of the molecule is CCN(CC)CCN(C(=O)Cc1cccs1)c1nc2c(OC)ccc(C)c2s1.Cl. The number of hydrogen-bond donors (Lipinski definition) is 0. The number of thiophene rings is 1. The number of rotatable bonds is 9. The number of halogens is 1. The van der Waals surface area contributed by atoms with Gasteiger partial charge in [0.2, 0.25) is 5.91 Å². The number of benzene rings is 1. The van der Waals surface area contributed by atoms with Crippen LogP contribution < -0.4 is 9.64 Å². The second-order valence-corrected chi connectivity index (χ2v) is 8.60. The van der Waals surface area contributed by atoms with Gasteiger partial charge in [0.05, 0.1) is 18.2 Å². The largest absolute Gasteiger partial charge is 0.494 e. The highest BCUT2D eigenvalue weighted by Crippen LogP contribution is 2.36. The van der Waals surface area contributed by atoms with Gasteiger partial charge in [-0.15, -0.1) is 23.7 Å². The maximum atomic E-state index is 13.2. The van der Waals surface area contributed by atoms with Crippen molar-refractivity contribution in [1.29, 1.82) is 0 Å². The lowest BCUT2D eigenvalue weighted by atomic mass is 10.2. The number of carbonyl (C=O) groups excluding carboxylic acids is 1. The van der Waals surface area contributed by atoms with Crippen molar-refractivity contribution in [2.45, 2.75) is 27.2 Å². The van der Waals surface area contributed by atoms with Crippen molar-refractivity contribution in [1.82, 2.24) is 9.88 Å². The monoisotopic (exact) mass is 453 g/mol. The number of fused-ring (bicyclic) bond motifs is 1. The van der Waals surface area contributed by atoms with Gasteiger partial charge in [-0.2, -0.15) is 0 Å². The number of carbonyl (C=O) groups is 1. The molecule has 0 bridgehead atoms. The fourth-order valence-electron chi connectivity index (χ4n) is 3.14. The molecule has 0 fully saturated rings. The Kier molecular flexibility index (Phi) is 8.89. The molecule has 1 amide bonds. The Morgan fingerprint density at radius 1 is 1.17 bits per heavy atom. The van der Waals surface area contributed by atoms with Gasteiger partial charge < -0.3 is 9.64 Å². The van der Waals surface area contributed by atoms with Crippen LogP contribution in [0.25, 0.3) is 10.2 Å². The number of methoxy groups -OCH3 is 1. The van der Waals surface area contributed by atoms with E-state index in [4.69, 9.17) is 9.72 Å². The van der Waals surface area contributed by atoms with E-state index in [-0.39, 0.29) is 18.3 Å². The van der Waals surface area contributed by atoms with Crippen molar-refractivity contribution in [2.75, 3.05) is 38.2 Å². The number of aromatic nitrogens is 1. The Bertz CT molecular complexity index is 924. The van der Waals surface area contributed by atoms with Gasteiger partial charge in [-0.3, -0.25) is 9.69 Å². The number of likely N-dealkylation sites (N-methyl/N-ethyl adjacent to an activating group) is 1. The second kappa shape index (κ2) is 10.9. The summed E-state index contributed by atoms with van der Waals surface area (Å²) in [6.07, 6.45) is 0.405. The second-order valence-electron chi connectivity index (χ2n) is 6.59. The van der Waals surface area contributed by atoms with E-state index in [1.807, 2.05) is 34.5 Å². The van der Waals surface area contributed by atoms with E-state index < -0.39 is 0 Å². The van der Waals surface area contributed by atoms with Gasteiger partial charge in [0, 0.05) is 18.0 Å². The summed E-state index contributed by atoms with van der Waals surface area (Å²) < 4.78 is 6.56. The molecule has 8 heteroatoms. The molecule has 0 aliphatic carbocycles. The Hall–Kier alpha value is -1.67. The van der Waals surface area contributed by atoms with E-state index in [2.05, 4.69) is 25.7 Å². The molecule has 0 atom stereocenters. The summed E-state index contributed by atoms with van der Waals surface area (Å²) in [6.45, 7) is 9.76. The number of aryl methyl sites for hydroxylation is 1. The van der Waals surface area contributed by atoms with E-state index in [1.54, 1.807) is 29.8 Å². The van der Waals surface area contributed by atoms with Gasteiger partial charge in [0.25, 0.3) is 0 Å². The van der Waals surface area contributed by atoms with E-state index in [9.17, 15) is 4.79 Å². The molecular weight excluding hydrogens is 426 g/mol. The van der Waals surface area contributed by atoms with Gasteiger partial charge in [0.1, 0.15) is 11.3 Å². The summed E-state index contributed by atoms with van der Waals surface area (Å²) in [7, 11) is 1.66. The van der Waals surface area contributed by atoms with Crippen LogP contribution in [-0.4, -0.2) is 49.1 Å². The molecule has 2 aromatic heterocycles. The lowest BCUT2D eigenvalue weighted by molar-refractivity contribution is -0.118. The molecule has 0 aliphatic heterocycles. The molecule has 0 radical (unpaired) electrons. The molecule has 3 aromatic rings. The minimum atomic E-state index is 0. The van der Waals surface area contributed by atoms with Crippen molar-refractivity contribution in [2.24, 2.45) is 0 Å². The predicted octanol–water partition coefficient (Wildman–Crippen LogP) is 5.01. The third-order valence-corrected chi connectivity index (χ3v) is 6.97. The first kappa shape index (κ1) is 23.6. The zero-order valence-corrected chi connectivity index (χ0v) is 19.8. The normalized spacial score (nSPS) is 10.9. The Balaban J connectivity index is 0.00000300. The number of ether oxygens (including phenoxy) is 1. The minimum absolute atomic E-state index is 0. The van der Waals surface area contributed by atoms with Crippen LogP contribution in [0.4, 0.5) is 5.13 Å². The zero-order chi connectivity index (χ0) is 20.1. The van der Waals surface area contributed by atoms with Crippen molar-refractivity contribution >= 4 is 56.3 Å². The average Bonchev–Trinajstić information content (AvgIpc) is 3.36. The van der Waals surface area contributed by atoms with Crippen LogP contribution in [0.3, 0.4) is 0 Å². The number of hydrogen-bond acceptors (Lipinski definition) is 6. The average molecular weight is 454 g/mol. The van der Waals surface area contributed by atoms with Crippen LogP contribution in [0.15, 0.2) is 29.6 Å². The maximum Gasteiger partial charge on any atom is 0.234 e. The fraction of sp³-hybridized carbons (Fsp3) is 0.429. The van der Waals surface area contributed by atoms with Crippen LogP contribution >= 0.6 is 35.1 Å². The van der Waals surface area contributed by atoms with E-state index in [0.29, 0.717) is 13.0 Å². The number of amides is 1. The number of nitrogens with zero attached hydrogens (tertiary/aromatic N) is 3. The summed E-state index contributed by atoms with van der Waals surface area (Å²) in [6, 6.07) is 7.97. The molecule has 0 N–H and O–H groups in total. The third-order valence-electron chi connectivity index (χ3n) is 4.88. The fourth-order valence-corrected chi connectivity index (χ4v) is 4.94. The molecular formula is C21H28ClN3O2S2. The topological polar surface area (TPSA) is 45.7 Å². The molecule has 1 aromatic carbocycles.